The smallest absolute Gasteiger partial charge is 0.194 e. The summed E-state index contributed by atoms with van der Waals surface area (Å²) in [5.74, 6) is -0.962. The highest BCUT2D eigenvalue weighted by Gasteiger charge is 2.12. The van der Waals surface area contributed by atoms with Gasteiger partial charge < -0.3 is 0 Å². The standard InChI is InChI=1S/C3H5FN4O2S/c1-8-6-3(5-7-8)2-11(4,9)10/h2H2,1H3. The molecule has 1 rings (SSSR count). The van der Waals surface area contributed by atoms with Crippen LogP contribution >= 0.6 is 0 Å². The van der Waals surface area contributed by atoms with E-state index in [1.54, 1.807) is 0 Å². The van der Waals surface area contributed by atoms with E-state index < -0.39 is 16.0 Å². The first-order valence-corrected chi connectivity index (χ1v) is 4.18. The molecule has 0 atom stereocenters. The molecule has 0 aromatic carbocycles. The average molecular weight is 180 g/mol. The van der Waals surface area contributed by atoms with Crippen molar-refractivity contribution in [3.8, 4) is 0 Å². The van der Waals surface area contributed by atoms with Crippen LogP contribution in [0.15, 0.2) is 0 Å². The minimum Gasteiger partial charge on any atom is -0.194 e. The molecule has 0 N–H and O–H groups in total. The van der Waals surface area contributed by atoms with Gasteiger partial charge in [-0.25, -0.2) is 0 Å². The van der Waals surface area contributed by atoms with Crippen LogP contribution in [0.3, 0.4) is 0 Å². The zero-order valence-corrected chi connectivity index (χ0v) is 6.42. The quantitative estimate of drug-likeness (QED) is 0.546. The first-order valence-electron chi connectivity index (χ1n) is 2.62. The third-order valence-electron chi connectivity index (χ3n) is 0.851. The van der Waals surface area contributed by atoms with Gasteiger partial charge in [0, 0.05) is 0 Å². The van der Waals surface area contributed by atoms with E-state index in [0.29, 0.717) is 0 Å². The maximum Gasteiger partial charge on any atom is 0.309 e. The monoisotopic (exact) mass is 180 g/mol. The SMILES string of the molecule is Cn1nnc(CS(=O)(=O)F)n1. The summed E-state index contributed by atoms with van der Waals surface area (Å²) in [5.41, 5.74) is 0. The average Bonchev–Trinajstić information content (AvgIpc) is 2.10. The highest BCUT2D eigenvalue weighted by Crippen LogP contribution is 1.98. The van der Waals surface area contributed by atoms with Crippen LogP contribution in [-0.4, -0.2) is 28.6 Å². The number of nitrogens with zero attached hydrogens (tertiary/aromatic N) is 4. The van der Waals surface area contributed by atoms with Gasteiger partial charge in [0.1, 0.15) is 5.75 Å². The molecule has 1 aromatic rings. The van der Waals surface area contributed by atoms with E-state index in [1.807, 2.05) is 0 Å². The lowest BCUT2D eigenvalue weighted by Crippen LogP contribution is -1.99. The fourth-order valence-corrected chi connectivity index (χ4v) is 0.959. The van der Waals surface area contributed by atoms with Crippen LogP contribution in [0.1, 0.15) is 5.82 Å². The minimum absolute atomic E-state index is 0.144. The van der Waals surface area contributed by atoms with Gasteiger partial charge in [-0.2, -0.15) is 13.2 Å². The van der Waals surface area contributed by atoms with Crippen molar-refractivity contribution in [2.24, 2.45) is 7.05 Å². The zero-order chi connectivity index (χ0) is 8.48. The summed E-state index contributed by atoms with van der Waals surface area (Å²) in [5, 5.41) is 10.1. The molecule has 0 aliphatic rings. The molecule has 0 amide bonds. The van der Waals surface area contributed by atoms with Crippen molar-refractivity contribution in [1.29, 1.82) is 0 Å². The van der Waals surface area contributed by atoms with E-state index in [1.165, 1.54) is 7.05 Å². The van der Waals surface area contributed by atoms with Gasteiger partial charge in [0.05, 0.1) is 7.05 Å². The van der Waals surface area contributed by atoms with E-state index in [-0.39, 0.29) is 5.82 Å². The van der Waals surface area contributed by atoms with Crippen LogP contribution < -0.4 is 0 Å². The maximum atomic E-state index is 11.9. The molecule has 6 nitrogen and oxygen atoms in total. The van der Waals surface area contributed by atoms with Gasteiger partial charge in [-0.1, -0.05) is 0 Å². The van der Waals surface area contributed by atoms with Crippen LogP contribution in [0.2, 0.25) is 0 Å². The number of tetrazole rings is 1. The lowest BCUT2D eigenvalue weighted by molar-refractivity contribution is 0.549. The van der Waals surface area contributed by atoms with Crippen molar-refractivity contribution >= 4 is 10.2 Å². The van der Waals surface area contributed by atoms with Crippen molar-refractivity contribution in [1.82, 2.24) is 20.2 Å². The Morgan fingerprint density at radius 1 is 1.64 bits per heavy atom. The van der Waals surface area contributed by atoms with Gasteiger partial charge in [-0.15, -0.1) is 14.1 Å². The van der Waals surface area contributed by atoms with Gasteiger partial charge in [0.15, 0.2) is 5.82 Å². The molecule has 1 aromatic heterocycles. The lowest BCUT2D eigenvalue weighted by atomic mass is 10.8. The molecule has 11 heavy (non-hydrogen) atoms. The van der Waals surface area contributed by atoms with Gasteiger partial charge in [0.2, 0.25) is 0 Å². The third kappa shape index (κ3) is 2.58. The summed E-state index contributed by atoms with van der Waals surface area (Å²) in [7, 11) is -3.08. The highest BCUT2D eigenvalue weighted by molar-refractivity contribution is 7.85. The normalized spacial score (nSPS) is 11.8. The molecule has 0 saturated carbocycles. The van der Waals surface area contributed by atoms with Crippen LogP contribution in [0.4, 0.5) is 3.89 Å². The molecule has 0 saturated heterocycles. The van der Waals surface area contributed by atoms with Crippen molar-refractivity contribution < 1.29 is 12.3 Å². The Labute approximate surface area is 62.2 Å². The second kappa shape index (κ2) is 2.53. The summed E-state index contributed by atoms with van der Waals surface area (Å²) < 4.78 is 32.0. The van der Waals surface area contributed by atoms with Gasteiger partial charge in [0.25, 0.3) is 0 Å². The first kappa shape index (κ1) is 8.05. The van der Waals surface area contributed by atoms with Crippen molar-refractivity contribution in [2.75, 3.05) is 0 Å². The van der Waals surface area contributed by atoms with Crippen LogP contribution in [0.25, 0.3) is 0 Å². The number of halogens is 1. The molecule has 8 heteroatoms. The van der Waals surface area contributed by atoms with Gasteiger partial charge >= 0.3 is 10.2 Å². The molecule has 0 radical (unpaired) electrons. The Morgan fingerprint density at radius 2 is 2.27 bits per heavy atom. The van der Waals surface area contributed by atoms with Gasteiger partial charge in [-0.3, -0.25) is 0 Å². The summed E-state index contributed by atoms with van der Waals surface area (Å²) in [6.45, 7) is 0. The molecule has 0 unspecified atom stereocenters. The van der Waals surface area contributed by atoms with E-state index >= 15 is 0 Å². The Morgan fingerprint density at radius 3 is 2.64 bits per heavy atom. The highest BCUT2D eigenvalue weighted by atomic mass is 32.3. The first-order chi connectivity index (χ1) is 4.97. The van der Waals surface area contributed by atoms with E-state index in [9.17, 15) is 12.3 Å². The number of rotatable bonds is 2. The molecule has 1 heterocycles. The fourth-order valence-electron chi connectivity index (χ4n) is 0.535. The third-order valence-corrected chi connectivity index (χ3v) is 1.45. The Hall–Kier alpha value is -1.05. The van der Waals surface area contributed by atoms with Crippen molar-refractivity contribution in [2.45, 2.75) is 5.75 Å². The molecule has 0 aliphatic carbocycles. The summed E-state index contributed by atoms with van der Waals surface area (Å²) in [6.07, 6.45) is 0. The molecule has 0 aliphatic heterocycles. The van der Waals surface area contributed by atoms with Crippen molar-refractivity contribution in [3.63, 3.8) is 0 Å². The van der Waals surface area contributed by atoms with Crippen LogP contribution in [-0.2, 0) is 23.0 Å². The van der Waals surface area contributed by atoms with E-state index in [0.717, 1.165) is 4.80 Å². The lowest BCUT2D eigenvalue weighted by Gasteiger charge is -1.84. The Bertz CT molecular complexity index is 344. The second-order valence-corrected chi connectivity index (χ2v) is 3.24. The largest absolute Gasteiger partial charge is 0.309 e. The Balaban J connectivity index is 2.81. The predicted octanol–water partition coefficient (Wildman–Crippen LogP) is -0.991. The minimum atomic E-state index is -4.54. The topological polar surface area (TPSA) is 77.7 Å². The maximum absolute atomic E-state index is 11.9. The molecule has 0 bridgehead atoms. The second-order valence-electron chi connectivity index (χ2n) is 1.88. The number of aryl methyl sites for hydroxylation is 1. The zero-order valence-electron chi connectivity index (χ0n) is 5.60. The van der Waals surface area contributed by atoms with Crippen LogP contribution in [0.5, 0.6) is 0 Å². The van der Waals surface area contributed by atoms with Crippen molar-refractivity contribution in [3.05, 3.63) is 5.82 Å². The van der Waals surface area contributed by atoms with E-state index in [2.05, 4.69) is 15.4 Å². The number of aromatic nitrogens is 4. The molecular weight excluding hydrogens is 175 g/mol. The molecule has 0 spiro atoms. The number of hydrogen-bond donors (Lipinski definition) is 0. The summed E-state index contributed by atoms with van der Waals surface area (Å²) >= 11 is 0. The Kier molecular flexibility index (Phi) is 1.85. The molecular formula is C3H5FN4O2S. The van der Waals surface area contributed by atoms with Crippen LogP contribution in [0, 0.1) is 0 Å². The summed E-state index contributed by atoms with van der Waals surface area (Å²) in [6, 6.07) is 0. The molecule has 62 valence electrons. The predicted molar refractivity (Wildman–Crippen MR) is 32.5 cm³/mol. The number of hydrogen-bond acceptors (Lipinski definition) is 5. The molecule has 0 fully saturated rings. The fraction of sp³-hybridized carbons (Fsp3) is 0.667. The van der Waals surface area contributed by atoms with Gasteiger partial charge in [-0.05, 0) is 5.21 Å². The summed E-state index contributed by atoms with van der Waals surface area (Å²) in [4.78, 5) is 1.06. The van der Waals surface area contributed by atoms with E-state index in [4.69, 9.17) is 0 Å².